The zero-order valence-corrected chi connectivity index (χ0v) is 13.5. The maximum absolute atomic E-state index is 5.68. The number of fused-ring (bicyclic) bond motifs is 1. The van der Waals surface area contributed by atoms with Gasteiger partial charge in [-0.3, -0.25) is 0 Å². The molecular weight excluding hydrogens is 312 g/mol. The Morgan fingerprint density at radius 3 is 2.40 bits per heavy atom. The summed E-state index contributed by atoms with van der Waals surface area (Å²) in [5.74, 6) is 1.94. The van der Waals surface area contributed by atoms with E-state index < -0.39 is 0 Å². The van der Waals surface area contributed by atoms with Crippen LogP contribution in [0.3, 0.4) is 0 Å². The maximum atomic E-state index is 5.68. The van der Waals surface area contributed by atoms with Gasteiger partial charge in [-0.1, -0.05) is 42.5 Å². The summed E-state index contributed by atoms with van der Waals surface area (Å²) < 4.78 is 5.68. The first kappa shape index (κ1) is 14.5. The second-order valence-corrected chi connectivity index (χ2v) is 6.34. The van der Waals surface area contributed by atoms with E-state index in [0.717, 1.165) is 22.6 Å². The molecule has 5 rings (SSSR count). The Morgan fingerprint density at radius 2 is 1.60 bits per heavy atom. The topological polar surface area (TPSA) is 65.9 Å². The molecule has 0 amide bonds. The molecule has 0 radical (unpaired) electrons. The molecule has 0 bridgehead atoms. The van der Waals surface area contributed by atoms with Gasteiger partial charge < -0.3 is 9.40 Å². The van der Waals surface area contributed by atoms with E-state index in [2.05, 4.69) is 46.2 Å². The van der Waals surface area contributed by atoms with E-state index in [1.165, 1.54) is 5.56 Å². The summed E-state index contributed by atoms with van der Waals surface area (Å²) in [5, 5.41) is 0. The molecule has 2 aromatic carbocycles. The molecular formula is C20H18N4O. The van der Waals surface area contributed by atoms with Gasteiger partial charge >= 0.3 is 0 Å². The lowest BCUT2D eigenvalue weighted by atomic mass is 9.88. The number of para-hydroxylation sites is 2. The van der Waals surface area contributed by atoms with Crippen molar-refractivity contribution in [2.75, 3.05) is 0 Å². The Labute approximate surface area is 145 Å². The largest absolute Gasteiger partial charge is 0.468 e. The van der Waals surface area contributed by atoms with Gasteiger partial charge in [0.1, 0.15) is 11.6 Å². The van der Waals surface area contributed by atoms with E-state index in [-0.39, 0.29) is 18.0 Å². The van der Waals surface area contributed by atoms with Gasteiger partial charge in [0, 0.05) is 0 Å². The Hall–Kier alpha value is -2.89. The lowest BCUT2D eigenvalue weighted by Gasteiger charge is -2.20. The Kier molecular flexibility index (Phi) is 3.40. The van der Waals surface area contributed by atoms with Crippen molar-refractivity contribution < 1.29 is 4.42 Å². The van der Waals surface area contributed by atoms with Crippen molar-refractivity contribution >= 4 is 11.0 Å². The van der Waals surface area contributed by atoms with Crippen LogP contribution in [-0.4, -0.2) is 9.97 Å². The molecule has 3 unspecified atom stereocenters. The molecule has 1 aliphatic rings. The van der Waals surface area contributed by atoms with E-state index in [1.807, 2.05) is 36.4 Å². The highest BCUT2D eigenvalue weighted by Gasteiger charge is 2.41. The molecule has 1 saturated heterocycles. The summed E-state index contributed by atoms with van der Waals surface area (Å²) in [5.41, 5.74) is 10.1. The standard InChI is InChI=1S/C20H18N4O/c1-2-7-13(8-3-1)18-17(19(24-23-18)16-11-6-12-25-16)20-21-14-9-4-5-10-15(14)22-20/h1-12,17-19,23-24H,(H,21,22). The fourth-order valence-electron chi connectivity index (χ4n) is 3.67. The molecule has 3 atom stereocenters. The molecule has 2 aromatic heterocycles. The molecule has 1 fully saturated rings. The van der Waals surface area contributed by atoms with Crippen LogP contribution in [0.2, 0.25) is 0 Å². The zero-order valence-electron chi connectivity index (χ0n) is 13.5. The number of imidazole rings is 1. The molecule has 5 heteroatoms. The summed E-state index contributed by atoms with van der Waals surface area (Å²) in [6.45, 7) is 0. The minimum Gasteiger partial charge on any atom is -0.468 e. The van der Waals surface area contributed by atoms with Crippen LogP contribution in [0.4, 0.5) is 0 Å². The number of aromatic nitrogens is 2. The van der Waals surface area contributed by atoms with Crippen molar-refractivity contribution in [3.8, 4) is 0 Å². The predicted octanol–water partition coefficient (Wildman–Crippen LogP) is 3.83. The number of hydrogen-bond donors (Lipinski definition) is 3. The third-order valence-electron chi connectivity index (χ3n) is 4.84. The van der Waals surface area contributed by atoms with Crippen molar-refractivity contribution in [2.24, 2.45) is 0 Å². The first-order valence-electron chi connectivity index (χ1n) is 8.44. The number of hydrogen-bond acceptors (Lipinski definition) is 4. The van der Waals surface area contributed by atoms with E-state index in [9.17, 15) is 0 Å². The lowest BCUT2D eigenvalue weighted by molar-refractivity contribution is 0.409. The fraction of sp³-hybridized carbons (Fsp3) is 0.150. The minimum absolute atomic E-state index is 0.000711. The quantitative estimate of drug-likeness (QED) is 0.534. The van der Waals surface area contributed by atoms with Crippen molar-refractivity contribution in [1.29, 1.82) is 0 Å². The molecule has 0 aliphatic carbocycles. The highest BCUT2D eigenvalue weighted by molar-refractivity contribution is 5.75. The van der Waals surface area contributed by atoms with E-state index in [1.54, 1.807) is 6.26 Å². The SMILES string of the molecule is c1ccc(C2NNC(c3ccco3)C2c2nc3ccccc3[nH]2)cc1. The van der Waals surface area contributed by atoms with Crippen LogP contribution in [0, 0.1) is 0 Å². The first-order valence-corrected chi connectivity index (χ1v) is 8.44. The van der Waals surface area contributed by atoms with Crippen LogP contribution in [-0.2, 0) is 0 Å². The molecule has 25 heavy (non-hydrogen) atoms. The molecule has 0 saturated carbocycles. The molecule has 1 aliphatic heterocycles. The number of aromatic amines is 1. The molecule has 3 heterocycles. The average Bonchev–Trinajstić information content (AvgIpc) is 3.39. The number of nitrogens with zero attached hydrogens (tertiary/aromatic N) is 1. The highest BCUT2D eigenvalue weighted by atomic mass is 16.3. The summed E-state index contributed by atoms with van der Waals surface area (Å²) in [4.78, 5) is 8.35. The van der Waals surface area contributed by atoms with Crippen LogP contribution < -0.4 is 10.9 Å². The second kappa shape index (κ2) is 5.88. The first-order chi connectivity index (χ1) is 12.4. The van der Waals surface area contributed by atoms with Gasteiger partial charge in [0.15, 0.2) is 0 Å². The monoisotopic (exact) mass is 330 g/mol. The number of rotatable bonds is 3. The normalized spacial score (nSPS) is 23.3. The van der Waals surface area contributed by atoms with Crippen molar-refractivity contribution in [1.82, 2.24) is 20.8 Å². The smallest absolute Gasteiger partial charge is 0.122 e. The van der Waals surface area contributed by atoms with E-state index >= 15 is 0 Å². The molecule has 124 valence electrons. The van der Waals surface area contributed by atoms with Gasteiger partial charge in [-0.05, 0) is 29.8 Å². The van der Waals surface area contributed by atoms with Gasteiger partial charge in [-0.15, -0.1) is 0 Å². The fourth-order valence-corrected chi connectivity index (χ4v) is 3.67. The van der Waals surface area contributed by atoms with Gasteiger partial charge in [-0.2, -0.15) is 0 Å². The molecule has 3 N–H and O–H groups in total. The summed E-state index contributed by atoms with van der Waals surface area (Å²) >= 11 is 0. The molecule has 5 nitrogen and oxygen atoms in total. The number of furan rings is 1. The van der Waals surface area contributed by atoms with E-state index in [0.29, 0.717) is 0 Å². The van der Waals surface area contributed by atoms with Gasteiger partial charge in [0.2, 0.25) is 0 Å². The van der Waals surface area contributed by atoms with Crippen molar-refractivity contribution in [3.05, 3.63) is 90.1 Å². The number of H-pyrrole nitrogens is 1. The van der Waals surface area contributed by atoms with Crippen LogP contribution in [0.1, 0.15) is 35.1 Å². The van der Waals surface area contributed by atoms with E-state index in [4.69, 9.17) is 9.40 Å². The molecule has 4 aromatic rings. The van der Waals surface area contributed by atoms with Crippen molar-refractivity contribution in [2.45, 2.75) is 18.0 Å². The van der Waals surface area contributed by atoms with Gasteiger partial charge in [-0.25, -0.2) is 15.8 Å². The average molecular weight is 330 g/mol. The summed E-state index contributed by atoms with van der Waals surface area (Å²) in [7, 11) is 0. The third kappa shape index (κ3) is 2.45. The van der Waals surface area contributed by atoms with Crippen molar-refractivity contribution in [3.63, 3.8) is 0 Å². The summed E-state index contributed by atoms with van der Waals surface area (Å²) in [6.07, 6.45) is 1.71. The number of benzene rings is 2. The van der Waals surface area contributed by atoms with Crippen LogP contribution in [0.25, 0.3) is 11.0 Å². The number of hydrazine groups is 1. The summed E-state index contributed by atoms with van der Waals surface area (Å²) in [6, 6.07) is 22.6. The Balaban J connectivity index is 1.63. The van der Waals surface area contributed by atoms with Crippen LogP contribution >= 0.6 is 0 Å². The Bertz CT molecular complexity index is 944. The van der Waals surface area contributed by atoms with Crippen LogP contribution in [0.5, 0.6) is 0 Å². The van der Waals surface area contributed by atoms with Gasteiger partial charge in [0.05, 0.1) is 35.3 Å². The number of nitrogens with one attached hydrogen (secondary N) is 3. The van der Waals surface area contributed by atoms with Crippen LogP contribution in [0.15, 0.2) is 77.4 Å². The molecule has 0 spiro atoms. The minimum atomic E-state index is 0.000711. The second-order valence-electron chi connectivity index (χ2n) is 6.34. The van der Waals surface area contributed by atoms with Gasteiger partial charge in [0.25, 0.3) is 0 Å². The third-order valence-corrected chi connectivity index (χ3v) is 4.84. The lowest BCUT2D eigenvalue weighted by Crippen LogP contribution is -2.26. The predicted molar refractivity (Wildman–Crippen MR) is 95.7 cm³/mol. The highest BCUT2D eigenvalue weighted by Crippen LogP contribution is 2.43. The maximum Gasteiger partial charge on any atom is 0.122 e. The zero-order chi connectivity index (χ0) is 16.6. The Morgan fingerprint density at radius 1 is 0.800 bits per heavy atom.